The van der Waals surface area contributed by atoms with Crippen LogP contribution in [0.5, 0.6) is 0 Å². The molecule has 10 rings (SSSR count). The van der Waals surface area contributed by atoms with E-state index in [4.69, 9.17) is 10.0 Å². The highest BCUT2D eigenvalue weighted by molar-refractivity contribution is 14.0. The molecule has 0 radical (unpaired) electrons. The molecule has 2 N–H and O–H groups in total. The molecule has 0 heterocycles. The van der Waals surface area contributed by atoms with Gasteiger partial charge in [0.25, 0.3) is 0 Å². The quantitative estimate of drug-likeness (QED) is 0.134. The van der Waals surface area contributed by atoms with Crippen LogP contribution >= 0.6 is 71.8 Å². The topological polar surface area (TPSA) is 40.5 Å². The standard InChI is InChI=1S/C25H19Br.C15H12Br2.C10H9BO2.HI.H2/c1-25(2)23-14-19(18-8-7-16-5-3-4-6-17(16)13-18)9-11-21(23)22-12-10-20(26)15-24(22)25;1-15(2)13-7-9(16)3-5-11(13)12-6-4-10(17)8-14(12)15;12-11(13)10-6-5-8-3-1-2-4-9(8)7-10;;/h3-15H,1-2H3;3-8H,1-2H3;1-7,12-13H;2*1H. The molecule has 8 aromatic rings. The van der Waals surface area contributed by atoms with Gasteiger partial charge in [0.05, 0.1) is 0 Å². The molecule has 0 amide bonds. The maximum atomic E-state index is 8.94. The molecular formula is C50H43BBr3IO2. The molecule has 2 aliphatic rings. The number of fused-ring (bicyclic) bond motifs is 8. The average molecular weight is 1050 g/mol. The van der Waals surface area contributed by atoms with Crippen molar-refractivity contribution in [3.63, 3.8) is 0 Å². The maximum Gasteiger partial charge on any atom is 0.488 e. The smallest absolute Gasteiger partial charge is 0.423 e. The second-order valence-corrected chi connectivity index (χ2v) is 18.4. The third-order valence-electron chi connectivity index (χ3n) is 11.4. The molecule has 8 aromatic carbocycles. The first kappa shape index (κ1) is 41.6. The highest BCUT2D eigenvalue weighted by Crippen LogP contribution is 2.51. The SMILES string of the molecule is CC1(C)c2cc(Br)ccc2-c2ccc(-c3ccc4ccccc4c3)cc21.CC1(C)c2cc(Br)ccc2-c2ccc(Br)cc21.I.OB(O)c1ccc2ccccc2c1.[HH]. The second-order valence-electron chi connectivity index (χ2n) is 15.6. The Morgan fingerprint density at radius 2 is 0.754 bits per heavy atom. The van der Waals surface area contributed by atoms with Crippen molar-refractivity contribution in [3.8, 4) is 33.4 Å². The molecule has 2 nitrogen and oxygen atoms in total. The Hall–Kier alpha value is -3.57. The summed E-state index contributed by atoms with van der Waals surface area (Å²) in [7, 11) is -1.38. The Balaban J connectivity index is 0.000000154. The Bertz CT molecular complexity index is 2750. The summed E-state index contributed by atoms with van der Waals surface area (Å²) in [5.41, 5.74) is 14.3. The summed E-state index contributed by atoms with van der Waals surface area (Å²) in [6.45, 7) is 9.23. The molecule has 0 aromatic heterocycles. The molecule has 2 aliphatic carbocycles. The first-order chi connectivity index (χ1) is 26.8. The summed E-state index contributed by atoms with van der Waals surface area (Å²) in [6, 6.07) is 55.2. The molecular weight excluding hydrogens is 1010 g/mol. The van der Waals surface area contributed by atoms with Gasteiger partial charge in [-0.2, -0.15) is 0 Å². The van der Waals surface area contributed by atoms with E-state index >= 15 is 0 Å². The van der Waals surface area contributed by atoms with Crippen molar-refractivity contribution in [2.75, 3.05) is 0 Å². The van der Waals surface area contributed by atoms with E-state index in [0.717, 1.165) is 24.2 Å². The fourth-order valence-corrected chi connectivity index (χ4v) is 9.39. The Morgan fingerprint density at radius 1 is 0.404 bits per heavy atom. The molecule has 0 spiro atoms. The van der Waals surface area contributed by atoms with Crippen molar-refractivity contribution in [2.24, 2.45) is 0 Å². The van der Waals surface area contributed by atoms with E-state index in [1.165, 1.54) is 66.4 Å². The van der Waals surface area contributed by atoms with Crippen molar-refractivity contribution >= 4 is 106 Å². The van der Waals surface area contributed by atoms with Crippen LogP contribution in [0.4, 0.5) is 0 Å². The minimum absolute atomic E-state index is 0. The van der Waals surface area contributed by atoms with Crippen LogP contribution in [0.1, 0.15) is 51.4 Å². The van der Waals surface area contributed by atoms with Crippen molar-refractivity contribution in [1.29, 1.82) is 0 Å². The van der Waals surface area contributed by atoms with Gasteiger partial charge in [-0.25, -0.2) is 0 Å². The Morgan fingerprint density at radius 3 is 1.21 bits per heavy atom. The van der Waals surface area contributed by atoms with Gasteiger partial charge in [0, 0.05) is 25.7 Å². The van der Waals surface area contributed by atoms with E-state index in [1.807, 2.05) is 30.3 Å². The number of benzene rings is 8. The van der Waals surface area contributed by atoms with Crippen LogP contribution in [0.2, 0.25) is 0 Å². The summed E-state index contributed by atoms with van der Waals surface area (Å²) in [5, 5.41) is 22.6. The lowest BCUT2D eigenvalue weighted by atomic mass is 9.79. The molecule has 0 fully saturated rings. The van der Waals surface area contributed by atoms with Gasteiger partial charge >= 0.3 is 7.12 Å². The van der Waals surface area contributed by atoms with Crippen LogP contribution in [-0.2, 0) is 10.8 Å². The first-order valence-electron chi connectivity index (χ1n) is 18.7. The lowest BCUT2D eigenvalue weighted by molar-refractivity contribution is 0.426. The summed E-state index contributed by atoms with van der Waals surface area (Å²) < 4.78 is 3.44. The third kappa shape index (κ3) is 8.09. The number of hydrogen-bond acceptors (Lipinski definition) is 2. The molecule has 0 bridgehead atoms. The zero-order valence-corrected chi connectivity index (χ0v) is 39.1. The number of hydrogen-bond donors (Lipinski definition) is 2. The van der Waals surface area contributed by atoms with Gasteiger partial charge in [-0.15, -0.1) is 24.0 Å². The Kier molecular flexibility index (Phi) is 12.1. The van der Waals surface area contributed by atoms with Crippen LogP contribution < -0.4 is 5.46 Å². The summed E-state index contributed by atoms with van der Waals surface area (Å²) >= 11 is 10.8. The fourth-order valence-electron chi connectivity index (χ4n) is 8.31. The van der Waals surface area contributed by atoms with E-state index in [0.29, 0.717) is 5.46 Å². The highest BCUT2D eigenvalue weighted by Gasteiger charge is 2.36. The van der Waals surface area contributed by atoms with Gasteiger partial charge in [0.1, 0.15) is 0 Å². The van der Waals surface area contributed by atoms with E-state index in [2.05, 4.69) is 191 Å². The van der Waals surface area contributed by atoms with Crippen LogP contribution in [0, 0.1) is 0 Å². The fraction of sp³-hybridized carbons (Fsp3) is 0.120. The summed E-state index contributed by atoms with van der Waals surface area (Å²) in [5.74, 6) is 0. The average Bonchev–Trinajstić information content (AvgIpc) is 3.55. The monoisotopic (exact) mass is 1050 g/mol. The third-order valence-corrected chi connectivity index (χ3v) is 12.9. The van der Waals surface area contributed by atoms with Gasteiger partial charge in [0.15, 0.2) is 0 Å². The normalized spacial score (nSPS) is 13.5. The van der Waals surface area contributed by atoms with Gasteiger partial charge < -0.3 is 10.0 Å². The van der Waals surface area contributed by atoms with Crippen molar-refractivity contribution in [3.05, 3.63) is 193 Å². The largest absolute Gasteiger partial charge is 0.488 e. The highest BCUT2D eigenvalue weighted by atomic mass is 127. The predicted octanol–water partition coefficient (Wildman–Crippen LogP) is 14.5. The number of halogens is 4. The predicted molar refractivity (Wildman–Crippen MR) is 265 cm³/mol. The number of rotatable bonds is 2. The zero-order valence-electron chi connectivity index (χ0n) is 32.0. The van der Waals surface area contributed by atoms with Crippen LogP contribution in [0.15, 0.2) is 171 Å². The molecule has 57 heavy (non-hydrogen) atoms. The van der Waals surface area contributed by atoms with E-state index in [9.17, 15) is 0 Å². The van der Waals surface area contributed by atoms with E-state index in [1.54, 1.807) is 12.1 Å². The minimum atomic E-state index is -1.38. The van der Waals surface area contributed by atoms with Crippen LogP contribution in [-0.4, -0.2) is 17.2 Å². The van der Waals surface area contributed by atoms with Gasteiger partial charge in [-0.3, -0.25) is 0 Å². The zero-order chi connectivity index (χ0) is 39.4. The van der Waals surface area contributed by atoms with Gasteiger partial charge in [-0.05, 0) is 131 Å². The molecule has 0 unspecified atom stereocenters. The van der Waals surface area contributed by atoms with Gasteiger partial charge in [-0.1, -0.05) is 185 Å². The molecule has 0 saturated carbocycles. The Labute approximate surface area is 379 Å². The summed E-state index contributed by atoms with van der Waals surface area (Å²) in [4.78, 5) is 0. The molecule has 7 heteroatoms. The summed E-state index contributed by atoms with van der Waals surface area (Å²) in [6.07, 6.45) is 0. The molecule has 0 aliphatic heterocycles. The van der Waals surface area contributed by atoms with Crippen molar-refractivity contribution < 1.29 is 11.5 Å². The molecule has 0 saturated heterocycles. The van der Waals surface area contributed by atoms with Crippen molar-refractivity contribution in [1.82, 2.24) is 0 Å². The maximum absolute atomic E-state index is 8.94. The van der Waals surface area contributed by atoms with Crippen molar-refractivity contribution in [2.45, 2.75) is 38.5 Å². The van der Waals surface area contributed by atoms with Crippen LogP contribution in [0.25, 0.3) is 54.9 Å². The van der Waals surface area contributed by atoms with Gasteiger partial charge in [0.2, 0.25) is 0 Å². The minimum Gasteiger partial charge on any atom is -0.423 e. The lowest BCUT2D eigenvalue weighted by Crippen LogP contribution is -2.29. The lowest BCUT2D eigenvalue weighted by Gasteiger charge is -2.22. The van der Waals surface area contributed by atoms with E-state index in [-0.39, 0.29) is 36.2 Å². The van der Waals surface area contributed by atoms with E-state index < -0.39 is 7.12 Å². The molecule has 286 valence electrons. The molecule has 0 atom stereocenters. The van der Waals surface area contributed by atoms with Crippen LogP contribution in [0.3, 0.4) is 0 Å². The first-order valence-corrected chi connectivity index (χ1v) is 21.1. The second kappa shape index (κ2) is 16.6.